The van der Waals surface area contributed by atoms with E-state index in [2.05, 4.69) is 14.9 Å². The van der Waals surface area contributed by atoms with Gasteiger partial charge in [-0.1, -0.05) is 19.1 Å². The minimum atomic E-state index is -3.62. The molecule has 2 rings (SSSR count). The first-order valence-electron chi connectivity index (χ1n) is 6.18. The molecule has 2 aromatic rings. The van der Waals surface area contributed by atoms with Gasteiger partial charge in [-0.15, -0.1) is 0 Å². The predicted octanol–water partition coefficient (Wildman–Crippen LogP) is 1.82. The van der Waals surface area contributed by atoms with Crippen molar-refractivity contribution in [3.05, 3.63) is 51.7 Å². The third kappa shape index (κ3) is 4.02. The standard InChI is InChI=1S/C12H14N4O4S/c1-2-10-7-12(14-13-10)15-21(19,20)8-9-3-5-11(6-4-9)16(17)18/h3-7H,2,8H2,1H3,(H2,13,14,15). The number of H-pyrrole nitrogens is 1. The number of aryl methyl sites for hydroxylation is 1. The number of nitro groups is 1. The molecule has 9 heteroatoms. The van der Waals surface area contributed by atoms with E-state index >= 15 is 0 Å². The molecule has 8 nitrogen and oxygen atoms in total. The minimum absolute atomic E-state index is 0.0796. The Balaban J connectivity index is 2.08. The Morgan fingerprint density at radius 1 is 1.33 bits per heavy atom. The molecule has 0 amide bonds. The van der Waals surface area contributed by atoms with Gasteiger partial charge in [0.1, 0.15) is 0 Å². The maximum absolute atomic E-state index is 12.0. The maximum Gasteiger partial charge on any atom is 0.269 e. The first-order chi connectivity index (χ1) is 9.89. The summed E-state index contributed by atoms with van der Waals surface area (Å²) >= 11 is 0. The van der Waals surface area contributed by atoms with Gasteiger partial charge in [-0.2, -0.15) is 5.10 Å². The number of nitrogens with one attached hydrogen (secondary N) is 2. The Morgan fingerprint density at radius 3 is 2.52 bits per heavy atom. The van der Waals surface area contributed by atoms with Crippen LogP contribution in [0.4, 0.5) is 11.5 Å². The van der Waals surface area contributed by atoms with Gasteiger partial charge in [0, 0.05) is 23.9 Å². The highest BCUT2D eigenvalue weighted by Gasteiger charge is 2.14. The summed E-state index contributed by atoms with van der Waals surface area (Å²) in [5.41, 5.74) is 1.20. The molecule has 0 saturated carbocycles. The van der Waals surface area contributed by atoms with Crippen LogP contribution in [0.15, 0.2) is 30.3 Å². The van der Waals surface area contributed by atoms with Crippen molar-refractivity contribution in [3.8, 4) is 0 Å². The van der Waals surface area contributed by atoms with Crippen molar-refractivity contribution in [1.29, 1.82) is 0 Å². The van der Waals surface area contributed by atoms with Gasteiger partial charge in [-0.3, -0.25) is 19.9 Å². The minimum Gasteiger partial charge on any atom is -0.280 e. The fourth-order valence-electron chi connectivity index (χ4n) is 1.72. The maximum atomic E-state index is 12.0. The average molecular weight is 310 g/mol. The summed E-state index contributed by atoms with van der Waals surface area (Å²) in [5, 5.41) is 17.1. The molecule has 0 radical (unpaired) electrons. The van der Waals surface area contributed by atoms with Crippen LogP contribution in [0, 0.1) is 10.1 Å². The predicted molar refractivity (Wildman–Crippen MR) is 77.3 cm³/mol. The molecule has 0 spiro atoms. The van der Waals surface area contributed by atoms with E-state index < -0.39 is 14.9 Å². The number of aromatic amines is 1. The number of benzene rings is 1. The number of nitro benzene ring substituents is 1. The Labute approximate surface area is 121 Å². The van der Waals surface area contributed by atoms with Crippen LogP contribution in [-0.2, 0) is 22.2 Å². The van der Waals surface area contributed by atoms with E-state index in [1.54, 1.807) is 6.07 Å². The second-order valence-corrected chi connectivity index (χ2v) is 6.14. The molecule has 0 fully saturated rings. The molecule has 0 aliphatic rings. The van der Waals surface area contributed by atoms with Crippen molar-refractivity contribution in [2.75, 3.05) is 4.72 Å². The molecule has 2 N–H and O–H groups in total. The Bertz CT molecular complexity index is 737. The quantitative estimate of drug-likeness (QED) is 0.623. The van der Waals surface area contributed by atoms with Gasteiger partial charge in [0.25, 0.3) is 5.69 Å². The summed E-state index contributed by atoms with van der Waals surface area (Å²) in [7, 11) is -3.62. The first kappa shape index (κ1) is 15.0. The zero-order valence-corrected chi connectivity index (χ0v) is 12.1. The molecular formula is C12H14N4O4S. The highest BCUT2D eigenvalue weighted by Crippen LogP contribution is 2.15. The van der Waals surface area contributed by atoms with Crippen LogP contribution in [-0.4, -0.2) is 23.5 Å². The first-order valence-corrected chi connectivity index (χ1v) is 7.83. The van der Waals surface area contributed by atoms with Crippen LogP contribution >= 0.6 is 0 Å². The van der Waals surface area contributed by atoms with Crippen molar-refractivity contribution in [1.82, 2.24) is 10.2 Å². The van der Waals surface area contributed by atoms with Crippen molar-refractivity contribution in [3.63, 3.8) is 0 Å². The molecule has 1 aromatic carbocycles. The summed E-state index contributed by atoms with van der Waals surface area (Å²) in [6.07, 6.45) is 0.719. The van der Waals surface area contributed by atoms with E-state index in [4.69, 9.17) is 0 Å². The van der Waals surface area contributed by atoms with Gasteiger partial charge in [0.2, 0.25) is 10.0 Å². The van der Waals surface area contributed by atoms with E-state index in [-0.39, 0.29) is 17.3 Å². The molecule has 0 aliphatic carbocycles. The fourth-order valence-corrected chi connectivity index (χ4v) is 2.85. The Morgan fingerprint density at radius 2 is 2.00 bits per heavy atom. The molecule has 0 bridgehead atoms. The topological polar surface area (TPSA) is 118 Å². The molecule has 112 valence electrons. The highest BCUT2D eigenvalue weighted by atomic mass is 32.2. The monoisotopic (exact) mass is 310 g/mol. The summed E-state index contributed by atoms with van der Waals surface area (Å²) in [6, 6.07) is 7.00. The number of hydrogen-bond acceptors (Lipinski definition) is 5. The van der Waals surface area contributed by atoms with Gasteiger partial charge in [0.05, 0.1) is 10.7 Å². The second kappa shape index (κ2) is 5.92. The molecule has 0 unspecified atom stereocenters. The largest absolute Gasteiger partial charge is 0.280 e. The molecule has 0 aliphatic heterocycles. The fraction of sp³-hybridized carbons (Fsp3) is 0.250. The van der Waals surface area contributed by atoms with Crippen molar-refractivity contribution < 1.29 is 13.3 Å². The average Bonchev–Trinajstić information content (AvgIpc) is 2.85. The highest BCUT2D eigenvalue weighted by molar-refractivity contribution is 7.91. The molecular weight excluding hydrogens is 296 g/mol. The molecule has 0 saturated heterocycles. The second-order valence-electron chi connectivity index (χ2n) is 4.42. The van der Waals surface area contributed by atoms with Crippen LogP contribution in [0.25, 0.3) is 0 Å². The third-order valence-corrected chi connectivity index (χ3v) is 4.01. The molecule has 0 atom stereocenters. The number of nitrogens with zero attached hydrogens (tertiary/aromatic N) is 2. The number of anilines is 1. The SMILES string of the molecule is CCc1cc(NS(=O)(=O)Cc2ccc([N+](=O)[O-])cc2)n[nH]1. The van der Waals surface area contributed by atoms with Gasteiger partial charge >= 0.3 is 0 Å². The Kier molecular flexibility index (Phi) is 4.22. The molecule has 1 heterocycles. The number of sulfonamides is 1. The zero-order chi connectivity index (χ0) is 15.5. The third-order valence-electron chi connectivity index (χ3n) is 2.78. The number of hydrogen-bond donors (Lipinski definition) is 2. The van der Waals surface area contributed by atoms with Crippen molar-refractivity contribution >= 4 is 21.5 Å². The van der Waals surface area contributed by atoms with Gasteiger partial charge < -0.3 is 0 Å². The van der Waals surface area contributed by atoms with Gasteiger partial charge in [-0.05, 0) is 12.0 Å². The van der Waals surface area contributed by atoms with Crippen LogP contribution in [0.3, 0.4) is 0 Å². The molecule has 21 heavy (non-hydrogen) atoms. The molecule has 1 aromatic heterocycles. The van der Waals surface area contributed by atoms with Crippen LogP contribution in [0.5, 0.6) is 0 Å². The summed E-state index contributed by atoms with van der Waals surface area (Å²) < 4.78 is 26.3. The number of rotatable bonds is 6. The smallest absolute Gasteiger partial charge is 0.269 e. The Hall–Kier alpha value is -2.42. The van der Waals surface area contributed by atoms with Crippen LogP contribution in [0.2, 0.25) is 0 Å². The summed E-state index contributed by atoms with van der Waals surface area (Å²) in [6.45, 7) is 1.92. The lowest BCUT2D eigenvalue weighted by atomic mass is 10.2. The van der Waals surface area contributed by atoms with Gasteiger partial charge in [-0.25, -0.2) is 8.42 Å². The van der Waals surface area contributed by atoms with Crippen LogP contribution in [0.1, 0.15) is 18.2 Å². The van der Waals surface area contributed by atoms with Crippen molar-refractivity contribution in [2.45, 2.75) is 19.1 Å². The van der Waals surface area contributed by atoms with E-state index in [9.17, 15) is 18.5 Å². The van der Waals surface area contributed by atoms with Gasteiger partial charge in [0.15, 0.2) is 5.82 Å². The lowest BCUT2D eigenvalue weighted by Crippen LogP contribution is -2.15. The van der Waals surface area contributed by atoms with E-state index in [0.29, 0.717) is 5.56 Å². The number of aromatic nitrogens is 2. The lowest BCUT2D eigenvalue weighted by Gasteiger charge is -2.05. The van der Waals surface area contributed by atoms with Crippen molar-refractivity contribution in [2.24, 2.45) is 0 Å². The van der Waals surface area contributed by atoms with Crippen LogP contribution < -0.4 is 4.72 Å². The van der Waals surface area contributed by atoms with E-state index in [0.717, 1.165) is 12.1 Å². The summed E-state index contributed by atoms with van der Waals surface area (Å²) in [5.74, 6) is -0.0481. The normalized spacial score (nSPS) is 11.3. The lowest BCUT2D eigenvalue weighted by molar-refractivity contribution is -0.384. The zero-order valence-electron chi connectivity index (χ0n) is 11.2. The van der Waals surface area contributed by atoms with E-state index in [1.807, 2.05) is 6.92 Å². The van der Waals surface area contributed by atoms with E-state index in [1.165, 1.54) is 24.3 Å². The summed E-state index contributed by atoms with van der Waals surface area (Å²) in [4.78, 5) is 10.00. The number of non-ortho nitro benzene ring substituents is 1.